The minimum Gasteiger partial charge on any atom is -0.444 e. The molecule has 7 heteroatoms. The largest absolute Gasteiger partial charge is 0.444 e. The molecule has 35 heavy (non-hydrogen) atoms. The smallest absolute Gasteiger partial charge is 0.408 e. The van der Waals surface area contributed by atoms with Gasteiger partial charge in [0.1, 0.15) is 17.7 Å². The highest BCUT2D eigenvalue weighted by atomic mass is 16.6. The summed E-state index contributed by atoms with van der Waals surface area (Å²) in [6.07, 6.45) is 6.08. The van der Waals surface area contributed by atoms with Crippen molar-refractivity contribution in [3.8, 4) is 0 Å². The lowest BCUT2D eigenvalue weighted by Crippen LogP contribution is -2.56. The minimum absolute atomic E-state index is 0.131. The Morgan fingerprint density at radius 1 is 1.06 bits per heavy atom. The van der Waals surface area contributed by atoms with Gasteiger partial charge in [0, 0.05) is 12.6 Å². The Morgan fingerprint density at radius 3 is 2.23 bits per heavy atom. The highest BCUT2D eigenvalue weighted by Crippen LogP contribution is 2.26. The van der Waals surface area contributed by atoms with E-state index in [9.17, 15) is 14.4 Å². The Hall–Kier alpha value is -2.57. The summed E-state index contributed by atoms with van der Waals surface area (Å²) in [5, 5.41) is 6.03. The SMILES string of the molecule is CCCN(C(=O)C(NC(=O)OC(C)(C)C)C(C)CC)C(C(=O)NC1CCCCC1)c1ccccc1. The van der Waals surface area contributed by atoms with Crippen LogP contribution in [0.1, 0.15) is 98.1 Å². The van der Waals surface area contributed by atoms with Gasteiger partial charge in [-0.2, -0.15) is 0 Å². The molecular weight excluding hydrogens is 442 g/mol. The molecule has 0 heterocycles. The Kier molecular flexibility index (Phi) is 11.1. The minimum atomic E-state index is -0.796. The van der Waals surface area contributed by atoms with Crippen molar-refractivity contribution >= 4 is 17.9 Å². The molecule has 0 radical (unpaired) electrons. The maximum absolute atomic E-state index is 14.0. The van der Waals surface area contributed by atoms with E-state index in [1.54, 1.807) is 25.7 Å². The number of hydrogen-bond acceptors (Lipinski definition) is 4. The zero-order chi connectivity index (χ0) is 26.0. The number of benzene rings is 1. The molecule has 1 fully saturated rings. The van der Waals surface area contributed by atoms with Crippen molar-refractivity contribution in [1.82, 2.24) is 15.5 Å². The maximum Gasteiger partial charge on any atom is 0.408 e. The van der Waals surface area contributed by atoms with E-state index in [0.29, 0.717) is 19.4 Å². The van der Waals surface area contributed by atoms with Crippen LogP contribution >= 0.6 is 0 Å². The molecule has 3 atom stereocenters. The number of nitrogens with one attached hydrogen (secondary N) is 2. The van der Waals surface area contributed by atoms with Crippen LogP contribution in [-0.2, 0) is 14.3 Å². The summed E-state index contributed by atoms with van der Waals surface area (Å²) in [5.41, 5.74) is 0.0886. The fourth-order valence-corrected chi connectivity index (χ4v) is 4.54. The van der Waals surface area contributed by atoms with E-state index in [0.717, 1.165) is 31.2 Å². The number of alkyl carbamates (subject to hydrolysis) is 1. The first-order valence-corrected chi connectivity index (χ1v) is 13.2. The molecule has 0 spiro atoms. The average Bonchev–Trinajstić information content (AvgIpc) is 2.81. The van der Waals surface area contributed by atoms with Gasteiger partial charge in [-0.25, -0.2) is 4.79 Å². The average molecular weight is 488 g/mol. The van der Waals surface area contributed by atoms with Crippen LogP contribution < -0.4 is 10.6 Å². The second kappa shape index (κ2) is 13.5. The molecule has 1 aliphatic carbocycles. The zero-order valence-electron chi connectivity index (χ0n) is 22.4. The summed E-state index contributed by atoms with van der Waals surface area (Å²) >= 11 is 0. The molecule has 1 aliphatic rings. The molecule has 1 aromatic carbocycles. The molecule has 196 valence electrons. The van der Waals surface area contributed by atoms with E-state index >= 15 is 0 Å². The molecule has 3 amide bonds. The van der Waals surface area contributed by atoms with Crippen molar-refractivity contribution in [3.05, 3.63) is 35.9 Å². The summed E-state index contributed by atoms with van der Waals surface area (Å²) in [6, 6.07) is 8.02. The predicted molar refractivity (Wildman–Crippen MR) is 139 cm³/mol. The van der Waals surface area contributed by atoms with Gasteiger partial charge in [-0.15, -0.1) is 0 Å². The Balaban J connectivity index is 2.38. The van der Waals surface area contributed by atoms with E-state index in [-0.39, 0.29) is 23.8 Å². The lowest BCUT2D eigenvalue weighted by molar-refractivity contribution is -0.143. The lowest BCUT2D eigenvalue weighted by Gasteiger charge is -2.36. The van der Waals surface area contributed by atoms with E-state index in [4.69, 9.17) is 4.74 Å². The highest BCUT2D eigenvalue weighted by molar-refractivity contribution is 5.92. The van der Waals surface area contributed by atoms with Gasteiger partial charge in [-0.1, -0.05) is 76.8 Å². The van der Waals surface area contributed by atoms with Crippen LogP contribution in [-0.4, -0.2) is 47.0 Å². The van der Waals surface area contributed by atoms with Crippen LogP contribution in [0.5, 0.6) is 0 Å². The first-order chi connectivity index (χ1) is 16.6. The van der Waals surface area contributed by atoms with Crippen LogP contribution in [0.2, 0.25) is 0 Å². The number of amides is 3. The normalized spacial score (nSPS) is 17.1. The van der Waals surface area contributed by atoms with E-state index < -0.39 is 23.8 Å². The summed E-state index contributed by atoms with van der Waals surface area (Å²) in [5.74, 6) is -0.558. The quantitative estimate of drug-likeness (QED) is 0.465. The third-order valence-electron chi connectivity index (χ3n) is 6.53. The van der Waals surface area contributed by atoms with Crippen molar-refractivity contribution in [2.75, 3.05) is 6.54 Å². The second-order valence-corrected chi connectivity index (χ2v) is 10.7. The van der Waals surface area contributed by atoms with Gasteiger partial charge >= 0.3 is 6.09 Å². The molecule has 3 unspecified atom stereocenters. The summed E-state index contributed by atoms with van der Waals surface area (Å²) < 4.78 is 5.45. The third-order valence-corrected chi connectivity index (χ3v) is 6.53. The highest BCUT2D eigenvalue weighted by Gasteiger charge is 2.38. The van der Waals surface area contributed by atoms with Crippen LogP contribution in [0, 0.1) is 5.92 Å². The van der Waals surface area contributed by atoms with Crippen molar-refractivity contribution in [2.24, 2.45) is 5.92 Å². The Labute approximate surface area is 211 Å². The van der Waals surface area contributed by atoms with Crippen molar-refractivity contribution in [1.29, 1.82) is 0 Å². The van der Waals surface area contributed by atoms with E-state index in [1.165, 1.54) is 6.42 Å². The number of ether oxygens (including phenoxy) is 1. The zero-order valence-corrected chi connectivity index (χ0v) is 22.4. The molecule has 7 nitrogen and oxygen atoms in total. The summed E-state index contributed by atoms with van der Waals surface area (Å²) in [6.45, 7) is 11.7. The number of hydrogen-bond donors (Lipinski definition) is 2. The lowest BCUT2D eigenvalue weighted by atomic mass is 9.93. The Morgan fingerprint density at radius 2 is 1.69 bits per heavy atom. The topological polar surface area (TPSA) is 87.7 Å². The van der Waals surface area contributed by atoms with E-state index in [1.807, 2.05) is 51.1 Å². The summed E-state index contributed by atoms with van der Waals surface area (Å²) in [7, 11) is 0. The van der Waals surface area contributed by atoms with E-state index in [2.05, 4.69) is 10.6 Å². The van der Waals surface area contributed by atoms with Crippen LogP contribution in [0.4, 0.5) is 4.79 Å². The molecule has 1 saturated carbocycles. The molecule has 0 saturated heterocycles. The first kappa shape index (κ1) is 28.7. The fraction of sp³-hybridized carbons (Fsp3) is 0.679. The number of nitrogens with zero attached hydrogens (tertiary/aromatic N) is 1. The monoisotopic (exact) mass is 487 g/mol. The molecule has 0 aromatic heterocycles. The Bertz CT molecular complexity index is 815. The molecule has 0 bridgehead atoms. The molecule has 2 rings (SSSR count). The molecule has 2 N–H and O–H groups in total. The van der Waals surface area contributed by atoms with Gasteiger partial charge < -0.3 is 20.3 Å². The van der Waals surface area contributed by atoms with Gasteiger partial charge in [-0.05, 0) is 51.5 Å². The number of carbonyl (C=O) groups excluding carboxylic acids is 3. The van der Waals surface area contributed by atoms with Gasteiger partial charge in [0.2, 0.25) is 11.8 Å². The van der Waals surface area contributed by atoms with Crippen molar-refractivity contribution < 1.29 is 19.1 Å². The first-order valence-electron chi connectivity index (χ1n) is 13.2. The molecule has 0 aliphatic heterocycles. The van der Waals surface area contributed by atoms with Crippen LogP contribution in [0.15, 0.2) is 30.3 Å². The number of carbonyl (C=O) groups is 3. The van der Waals surface area contributed by atoms with Gasteiger partial charge in [0.05, 0.1) is 0 Å². The molecule has 1 aromatic rings. The van der Waals surface area contributed by atoms with Crippen molar-refractivity contribution in [3.63, 3.8) is 0 Å². The van der Waals surface area contributed by atoms with Crippen LogP contribution in [0.3, 0.4) is 0 Å². The van der Waals surface area contributed by atoms with Gasteiger partial charge in [-0.3, -0.25) is 9.59 Å². The third kappa shape index (κ3) is 8.86. The number of rotatable bonds is 10. The maximum atomic E-state index is 14.0. The second-order valence-electron chi connectivity index (χ2n) is 10.7. The van der Waals surface area contributed by atoms with Gasteiger partial charge in [0.25, 0.3) is 0 Å². The molecular formula is C28H45N3O4. The summed E-state index contributed by atoms with van der Waals surface area (Å²) in [4.78, 5) is 42.0. The standard InChI is InChI=1S/C28H45N3O4/c1-7-19-31(26(33)23(20(3)8-2)30-27(34)35-28(4,5)6)24(21-15-11-9-12-16-21)25(32)29-22-17-13-10-14-18-22/h9,11-12,15-16,20,22-24H,7-8,10,13-14,17-19H2,1-6H3,(H,29,32)(H,30,34). The van der Waals surface area contributed by atoms with Gasteiger partial charge in [0.15, 0.2) is 0 Å². The van der Waals surface area contributed by atoms with Crippen LogP contribution in [0.25, 0.3) is 0 Å². The van der Waals surface area contributed by atoms with Crippen molar-refractivity contribution in [2.45, 2.75) is 110 Å². The fourth-order valence-electron chi connectivity index (χ4n) is 4.54. The predicted octanol–water partition coefficient (Wildman–Crippen LogP) is 5.35.